The fraction of sp³-hybridized carbons (Fsp3) is 0.667. The van der Waals surface area contributed by atoms with Crippen LogP contribution < -0.4 is 5.73 Å². The van der Waals surface area contributed by atoms with Crippen molar-refractivity contribution in [2.45, 2.75) is 70.8 Å². The lowest BCUT2D eigenvalue weighted by molar-refractivity contribution is 0.260. The maximum atomic E-state index is 9.00. The van der Waals surface area contributed by atoms with E-state index in [1.165, 1.54) is 56.1 Å². The zero-order valence-electron chi connectivity index (χ0n) is 13.0. The van der Waals surface area contributed by atoms with Crippen LogP contribution in [0.25, 0.3) is 0 Å². The van der Waals surface area contributed by atoms with Gasteiger partial charge in [0, 0.05) is 6.04 Å². The van der Waals surface area contributed by atoms with Crippen molar-refractivity contribution < 1.29 is 5.11 Å². The minimum atomic E-state index is -0.0860. The van der Waals surface area contributed by atoms with E-state index in [4.69, 9.17) is 10.8 Å². The van der Waals surface area contributed by atoms with Gasteiger partial charge in [0.15, 0.2) is 0 Å². The normalized spacial score (nSPS) is 12.6. The van der Waals surface area contributed by atoms with E-state index >= 15 is 0 Å². The first-order chi connectivity index (χ1) is 9.77. The Morgan fingerprint density at radius 1 is 0.950 bits per heavy atom. The Kier molecular flexibility index (Phi) is 9.35. The van der Waals surface area contributed by atoms with Crippen molar-refractivity contribution in [3.8, 4) is 0 Å². The van der Waals surface area contributed by atoms with Gasteiger partial charge in [-0.05, 0) is 36.8 Å². The molecule has 1 rings (SSSR count). The molecule has 1 unspecified atom stereocenters. The second kappa shape index (κ2) is 10.9. The molecule has 0 amide bonds. The van der Waals surface area contributed by atoms with Gasteiger partial charge in [-0.1, -0.05) is 63.3 Å². The average Bonchev–Trinajstić information content (AvgIpc) is 2.49. The molecular weight excluding hydrogens is 246 g/mol. The molecular formula is C18H31NO. The maximum absolute atomic E-state index is 9.00. The van der Waals surface area contributed by atoms with Gasteiger partial charge in [0.25, 0.3) is 0 Å². The number of unbranched alkanes of at least 4 members (excludes halogenated alkanes) is 5. The summed E-state index contributed by atoms with van der Waals surface area (Å²) in [7, 11) is 0. The highest BCUT2D eigenvalue weighted by Gasteiger charge is 2.05. The molecule has 20 heavy (non-hydrogen) atoms. The third kappa shape index (κ3) is 7.06. The number of benzene rings is 1. The fourth-order valence-corrected chi connectivity index (χ4v) is 2.57. The van der Waals surface area contributed by atoms with Crippen molar-refractivity contribution in [2.75, 3.05) is 6.61 Å². The van der Waals surface area contributed by atoms with E-state index in [0.717, 1.165) is 12.8 Å². The summed E-state index contributed by atoms with van der Waals surface area (Å²) in [5.41, 5.74) is 8.66. The maximum Gasteiger partial charge on any atom is 0.0582 e. The first kappa shape index (κ1) is 17.2. The van der Waals surface area contributed by atoms with E-state index < -0.39 is 0 Å². The summed E-state index contributed by atoms with van der Waals surface area (Å²) in [6, 6.07) is 8.59. The van der Waals surface area contributed by atoms with Gasteiger partial charge in [-0.2, -0.15) is 0 Å². The Morgan fingerprint density at radius 3 is 2.20 bits per heavy atom. The first-order valence-electron chi connectivity index (χ1n) is 8.21. The summed E-state index contributed by atoms with van der Waals surface area (Å²) in [5.74, 6) is 0. The van der Waals surface area contributed by atoms with Crippen molar-refractivity contribution >= 4 is 0 Å². The van der Waals surface area contributed by atoms with Crippen LogP contribution in [-0.4, -0.2) is 17.8 Å². The molecule has 0 fully saturated rings. The van der Waals surface area contributed by atoms with Gasteiger partial charge in [-0.25, -0.2) is 0 Å². The fourth-order valence-electron chi connectivity index (χ4n) is 2.57. The number of rotatable bonds is 11. The Labute approximate surface area is 124 Å². The summed E-state index contributed by atoms with van der Waals surface area (Å²) < 4.78 is 0. The van der Waals surface area contributed by atoms with Crippen molar-refractivity contribution in [1.29, 1.82) is 0 Å². The molecule has 2 heteroatoms. The highest BCUT2D eigenvalue weighted by molar-refractivity contribution is 5.27. The second-order valence-electron chi connectivity index (χ2n) is 5.77. The lowest BCUT2D eigenvalue weighted by Gasteiger charge is -2.12. The largest absolute Gasteiger partial charge is 0.395 e. The predicted molar refractivity (Wildman–Crippen MR) is 86.9 cm³/mol. The number of nitrogens with two attached hydrogens (primary N) is 1. The smallest absolute Gasteiger partial charge is 0.0582 e. The van der Waals surface area contributed by atoms with Gasteiger partial charge in [-0.15, -0.1) is 0 Å². The quantitative estimate of drug-likeness (QED) is 0.604. The molecule has 114 valence electrons. The average molecular weight is 277 g/mol. The minimum Gasteiger partial charge on any atom is -0.395 e. The predicted octanol–water partition coefficient (Wildman–Crippen LogP) is 3.84. The molecule has 0 saturated heterocycles. The lowest BCUT2D eigenvalue weighted by atomic mass is 9.96. The van der Waals surface area contributed by atoms with Gasteiger partial charge in [0.1, 0.15) is 0 Å². The molecule has 0 radical (unpaired) electrons. The van der Waals surface area contributed by atoms with Crippen LogP contribution in [0.5, 0.6) is 0 Å². The van der Waals surface area contributed by atoms with Crippen LogP contribution in [0.2, 0.25) is 0 Å². The molecule has 0 saturated carbocycles. The number of aliphatic hydroxyl groups excluding tert-OH is 1. The molecule has 0 bridgehead atoms. The lowest BCUT2D eigenvalue weighted by Crippen LogP contribution is -2.24. The van der Waals surface area contributed by atoms with Crippen molar-refractivity contribution in [1.82, 2.24) is 0 Å². The Balaban J connectivity index is 2.33. The van der Waals surface area contributed by atoms with Crippen LogP contribution in [-0.2, 0) is 12.8 Å². The van der Waals surface area contributed by atoms with Crippen LogP contribution >= 0.6 is 0 Å². The summed E-state index contributed by atoms with van der Waals surface area (Å²) in [4.78, 5) is 0. The van der Waals surface area contributed by atoms with Crippen LogP contribution in [0.3, 0.4) is 0 Å². The van der Waals surface area contributed by atoms with E-state index in [0.29, 0.717) is 0 Å². The van der Waals surface area contributed by atoms with Gasteiger partial charge >= 0.3 is 0 Å². The van der Waals surface area contributed by atoms with E-state index in [1.807, 2.05) is 0 Å². The third-order valence-electron chi connectivity index (χ3n) is 3.94. The standard InChI is InChI=1S/C18H31NO/c1-2-3-4-5-6-7-10-16-11-8-9-12-17(16)13-14-18(19)15-20/h8-9,11-12,18,20H,2-7,10,13-15,19H2,1H3. The highest BCUT2D eigenvalue weighted by Crippen LogP contribution is 2.16. The number of aryl methyl sites for hydroxylation is 2. The molecule has 3 N–H and O–H groups in total. The van der Waals surface area contributed by atoms with Crippen LogP contribution in [0, 0.1) is 0 Å². The zero-order chi connectivity index (χ0) is 14.6. The van der Waals surface area contributed by atoms with Crippen molar-refractivity contribution in [2.24, 2.45) is 5.73 Å². The summed E-state index contributed by atoms with van der Waals surface area (Å²) >= 11 is 0. The zero-order valence-corrected chi connectivity index (χ0v) is 13.0. The molecule has 1 atom stereocenters. The molecule has 2 nitrogen and oxygen atoms in total. The summed E-state index contributed by atoms with van der Waals surface area (Å²) in [6.45, 7) is 2.34. The van der Waals surface area contributed by atoms with Crippen molar-refractivity contribution in [3.05, 3.63) is 35.4 Å². The van der Waals surface area contributed by atoms with Gasteiger partial charge in [0.2, 0.25) is 0 Å². The van der Waals surface area contributed by atoms with Crippen LogP contribution in [0.15, 0.2) is 24.3 Å². The van der Waals surface area contributed by atoms with E-state index in [-0.39, 0.29) is 12.6 Å². The van der Waals surface area contributed by atoms with Gasteiger partial charge in [-0.3, -0.25) is 0 Å². The van der Waals surface area contributed by atoms with Gasteiger partial charge in [0.05, 0.1) is 6.61 Å². The Bertz CT molecular complexity index is 351. The first-order valence-corrected chi connectivity index (χ1v) is 8.21. The van der Waals surface area contributed by atoms with Crippen molar-refractivity contribution in [3.63, 3.8) is 0 Å². The monoisotopic (exact) mass is 277 g/mol. The molecule has 1 aromatic carbocycles. The summed E-state index contributed by atoms with van der Waals surface area (Å²) in [6.07, 6.45) is 11.1. The number of hydrogen-bond donors (Lipinski definition) is 2. The molecule has 0 aliphatic carbocycles. The molecule has 0 spiro atoms. The SMILES string of the molecule is CCCCCCCCc1ccccc1CCC(N)CO. The van der Waals surface area contributed by atoms with Gasteiger partial charge < -0.3 is 10.8 Å². The molecule has 0 aliphatic heterocycles. The number of aliphatic hydroxyl groups is 1. The molecule has 1 aromatic rings. The van der Waals surface area contributed by atoms with E-state index in [2.05, 4.69) is 31.2 Å². The molecule has 0 heterocycles. The van der Waals surface area contributed by atoms with E-state index in [1.54, 1.807) is 0 Å². The van der Waals surface area contributed by atoms with Crippen LogP contribution in [0.4, 0.5) is 0 Å². The van der Waals surface area contributed by atoms with Crippen LogP contribution in [0.1, 0.15) is 63.0 Å². The summed E-state index contributed by atoms with van der Waals surface area (Å²) in [5, 5.41) is 9.00. The Hall–Kier alpha value is -0.860. The third-order valence-corrected chi connectivity index (χ3v) is 3.94. The Morgan fingerprint density at radius 2 is 1.55 bits per heavy atom. The second-order valence-corrected chi connectivity index (χ2v) is 5.77. The molecule has 0 aromatic heterocycles. The minimum absolute atomic E-state index is 0.0829. The topological polar surface area (TPSA) is 46.2 Å². The highest BCUT2D eigenvalue weighted by atomic mass is 16.3. The van der Waals surface area contributed by atoms with E-state index in [9.17, 15) is 0 Å². The molecule has 0 aliphatic rings. The number of hydrogen-bond acceptors (Lipinski definition) is 2.